The zero-order valence-electron chi connectivity index (χ0n) is 6.25. The molecule has 0 N–H and O–H groups in total. The Balaban J connectivity index is 2.34. The molecular formula is C7H13NO2. The van der Waals surface area contributed by atoms with Crippen LogP contribution in [-0.4, -0.2) is 30.7 Å². The van der Waals surface area contributed by atoms with E-state index in [0.29, 0.717) is 6.61 Å². The highest BCUT2D eigenvalue weighted by atomic mass is 16.5. The summed E-state index contributed by atoms with van der Waals surface area (Å²) in [5.41, 5.74) is 0. The quantitative estimate of drug-likeness (QED) is 0.541. The maximum Gasteiger partial charge on any atom is 0.211 e. The molecule has 10 heavy (non-hydrogen) atoms. The summed E-state index contributed by atoms with van der Waals surface area (Å²) in [5.74, 6) is 0. The summed E-state index contributed by atoms with van der Waals surface area (Å²) in [5, 5.41) is 0. The molecule has 1 fully saturated rings. The molecule has 1 unspecified atom stereocenters. The molecule has 0 aromatic heterocycles. The van der Waals surface area contributed by atoms with Crippen molar-refractivity contribution < 1.29 is 9.53 Å². The number of ether oxygens (including phenoxy) is 1. The Hall–Kier alpha value is -0.570. The molecule has 1 heterocycles. The minimum atomic E-state index is 0.0579. The molecule has 58 valence electrons. The Kier molecular flexibility index (Phi) is 2.68. The predicted molar refractivity (Wildman–Crippen MR) is 37.4 cm³/mol. The second kappa shape index (κ2) is 3.56. The molecule has 0 aromatic carbocycles. The first-order chi connectivity index (χ1) is 4.88. The molecule has 0 bridgehead atoms. The third-order valence-corrected chi connectivity index (χ3v) is 1.73. The van der Waals surface area contributed by atoms with Crippen LogP contribution in [0.5, 0.6) is 0 Å². The van der Waals surface area contributed by atoms with Gasteiger partial charge in [0, 0.05) is 13.2 Å². The van der Waals surface area contributed by atoms with E-state index in [2.05, 4.69) is 0 Å². The van der Waals surface area contributed by atoms with Crippen LogP contribution in [0.4, 0.5) is 0 Å². The number of amides is 1. The minimum Gasteiger partial charge on any atom is -0.359 e. The van der Waals surface area contributed by atoms with Crippen molar-refractivity contribution in [2.45, 2.75) is 26.0 Å². The van der Waals surface area contributed by atoms with E-state index in [1.807, 2.05) is 6.92 Å². The van der Waals surface area contributed by atoms with Gasteiger partial charge in [0.1, 0.15) is 6.23 Å². The maximum absolute atomic E-state index is 10.3. The number of carbonyl (C=O) groups excluding carboxylic acids is 1. The van der Waals surface area contributed by atoms with E-state index in [0.717, 1.165) is 25.8 Å². The van der Waals surface area contributed by atoms with E-state index in [-0.39, 0.29) is 6.23 Å². The summed E-state index contributed by atoms with van der Waals surface area (Å²) in [4.78, 5) is 12.1. The van der Waals surface area contributed by atoms with Crippen molar-refractivity contribution in [3.05, 3.63) is 0 Å². The van der Waals surface area contributed by atoms with Crippen molar-refractivity contribution in [3.63, 3.8) is 0 Å². The Morgan fingerprint density at radius 2 is 2.60 bits per heavy atom. The van der Waals surface area contributed by atoms with E-state index in [9.17, 15) is 4.79 Å². The van der Waals surface area contributed by atoms with Crippen LogP contribution in [0.25, 0.3) is 0 Å². The molecule has 1 amide bonds. The molecule has 1 saturated heterocycles. The third kappa shape index (κ3) is 1.48. The summed E-state index contributed by atoms with van der Waals surface area (Å²) in [6.45, 7) is 3.49. The van der Waals surface area contributed by atoms with Gasteiger partial charge in [-0.2, -0.15) is 0 Å². The normalized spacial score (nSPS) is 25.3. The average Bonchev–Trinajstić information content (AvgIpc) is 2.36. The first-order valence-corrected chi connectivity index (χ1v) is 3.71. The smallest absolute Gasteiger partial charge is 0.211 e. The molecule has 1 atom stereocenters. The molecule has 1 aliphatic rings. The molecule has 3 heteroatoms. The fourth-order valence-electron chi connectivity index (χ4n) is 1.25. The van der Waals surface area contributed by atoms with Crippen molar-refractivity contribution in [1.29, 1.82) is 0 Å². The van der Waals surface area contributed by atoms with Crippen LogP contribution in [0, 0.1) is 0 Å². The fraction of sp³-hybridized carbons (Fsp3) is 0.857. The highest BCUT2D eigenvalue weighted by Crippen LogP contribution is 2.15. The lowest BCUT2D eigenvalue weighted by Crippen LogP contribution is -2.30. The van der Waals surface area contributed by atoms with Gasteiger partial charge < -0.3 is 9.64 Å². The molecular weight excluding hydrogens is 130 g/mol. The lowest BCUT2D eigenvalue weighted by Gasteiger charge is -2.18. The van der Waals surface area contributed by atoms with Crippen LogP contribution >= 0.6 is 0 Å². The Labute approximate surface area is 61.0 Å². The number of rotatable bonds is 3. The van der Waals surface area contributed by atoms with Gasteiger partial charge in [-0.25, -0.2) is 0 Å². The van der Waals surface area contributed by atoms with Crippen LogP contribution < -0.4 is 0 Å². The maximum atomic E-state index is 10.3. The van der Waals surface area contributed by atoms with Gasteiger partial charge in [-0.3, -0.25) is 4.79 Å². The first kappa shape index (κ1) is 7.54. The van der Waals surface area contributed by atoms with E-state index in [4.69, 9.17) is 4.74 Å². The van der Waals surface area contributed by atoms with Crippen molar-refractivity contribution in [3.8, 4) is 0 Å². The highest BCUT2D eigenvalue weighted by molar-refractivity contribution is 5.47. The van der Waals surface area contributed by atoms with Gasteiger partial charge in [0.05, 0.1) is 0 Å². The Bertz CT molecular complexity index is 116. The predicted octanol–water partition coefficient (Wildman–Crippen LogP) is 0.601. The molecule has 0 aliphatic carbocycles. The average molecular weight is 143 g/mol. The number of nitrogens with zero attached hydrogens (tertiary/aromatic N) is 1. The van der Waals surface area contributed by atoms with E-state index >= 15 is 0 Å². The van der Waals surface area contributed by atoms with Crippen LogP contribution in [0.1, 0.15) is 19.8 Å². The van der Waals surface area contributed by atoms with Gasteiger partial charge in [0.25, 0.3) is 0 Å². The minimum absolute atomic E-state index is 0.0579. The van der Waals surface area contributed by atoms with E-state index in [1.54, 1.807) is 4.90 Å². The Morgan fingerprint density at radius 3 is 3.20 bits per heavy atom. The fourth-order valence-corrected chi connectivity index (χ4v) is 1.25. The van der Waals surface area contributed by atoms with Crippen LogP contribution in [0.15, 0.2) is 0 Å². The van der Waals surface area contributed by atoms with Gasteiger partial charge in [0.2, 0.25) is 6.41 Å². The van der Waals surface area contributed by atoms with Gasteiger partial charge in [-0.1, -0.05) is 0 Å². The van der Waals surface area contributed by atoms with Crippen LogP contribution in [-0.2, 0) is 9.53 Å². The molecule has 1 rings (SSSR count). The number of hydrogen-bond acceptors (Lipinski definition) is 2. The summed E-state index contributed by atoms with van der Waals surface area (Å²) in [7, 11) is 0. The summed E-state index contributed by atoms with van der Waals surface area (Å²) < 4.78 is 5.30. The third-order valence-electron chi connectivity index (χ3n) is 1.73. The lowest BCUT2D eigenvalue weighted by molar-refractivity contribution is -0.127. The SMILES string of the molecule is CCOC1CCCN1C=O. The zero-order chi connectivity index (χ0) is 7.40. The Morgan fingerprint density at radius 1 is 1.80 bits per heavy atom. The molecule has 0 saturated carbocycles. The van der Waals surface area contributed by atoms with E-state index in [1.165, 1.54) is 0 Å². The topological polar surface area (TPSA) is 29.5 Å². The second-order valence-corrected chi connectivity index (χ2v) is 2.40. The summed E-state index contributed by atoms with van der Waals surface area (Å²) in [6, 6.07) is 0. The largest absolute Gasteiger partial charge is 0.359 e. The first-order valence-electron chi connectivity index (χ1n) is 3.71. The molecule has 0 spiro atoms. The summed E-state index contributed by atoms with van der Waals surface area (Å²) >= 11 is 0. The number of carbonyl (C=O) groups is 1. The second-order valence-electron chi connectivity index (χ2n) is 2.40. The number of likely N-dealkylation sites (tertiary alicyclic amines) is 1. The van der Waals surface area contributed by atoms with Crippen molar-refractivity contribution in [2.24, 2.45) is 0 Å². The molecule has 0 aromatic rings. The molecule has 3 nitrogen and oxygen atoms in total. The van der Waals surface area contributed by atoms with Crippen LogP contribution in [0.3, 0.4) is 0 Å². The van der Waals surface area contributed by atoms with Crippen LogP contribution in [0.2, 0.25) is 0 Å². The van der Waals surface area contributed by atoms with Crippen molar-refractivity contribution in [2.75, 3.05) is 13.2 Å². The van der Waals surface area contributed by atoms with E-state index < -0.39 is 0 Å². The van der Waals surface area contributed by atoms with Crippen molar-refractivity contribution in [1.82, 2.24) is 4.90 Å². The standard InChI is InChI=1S/C7H13NO2/c1-2-10-7-4-3-5-8(7)6-9/h6-7H,2-5H2,1H3. The summed E-state index contributed by atoms with van der Waals surface area (Å²) in [6.07, 6.45) is 2.99. The molecule has 1 aliphatic heterocycles. The van der Waals surface area contributed by atoms with Gasteiger partial charge in [0.15, 0.2) is 0 Å². The lowest BCUT2D eigenvalue weighted by atomic mass is 10.4. The van der Waals surface area contributed by atoms with Crippen molar-refractivity contribution >= 4 is 6.41 Å². The molecule has 0 radical (unpaired) electrons. The highest BCUT2D eigenvalue weighted by Gasteiger charge is 2.22. The number of hydrogen-bond donors (Lipinski definition) is 0. The van der Waals surface area contributed by atoms with Gasteiger partial charge in [-0.15, -0.1) is 0 Å². The monoisotopic (exact) mass is 143 g/mol. The zero-order valence-corrected chi connectivity index (χ0v) is 6.25. The van der Waals surface area contributed by atoms with Gasteiger partial charge >= 0.3 is 0 Å². The van der Waals surface area contributed by atoms with Gasteiger partial charge in [-0.05, 0) is 19.8 Å².